The van der Waals surface area contributed by atoms with Crippen molar-refractivity contribution in [1.29, 1.82) is 0 Å². The monoisotopic (exact) mass is 320 g/mol. The van der Waals surface area contributed by atoms with Gasteiger partial charge in [0.25, 0.3) is 0 Å². The van der Waals surface area contributed by atoms with Gasteiger partial charge in [-0.15, -0.1) is 0 Å². The van der Waals surface area contributed by atoms with E-state index in [0.29, 0.717) is 6.04 Å². The Hall–Kier alpha value is -1.80. The lowest BCUT2D eigenvalue weighted by atomic mass is 9.99. The first-order valence-electron chi connectivity index (χ1n) is 9.55. The van der Waals surface area contributed by atoms with Gasteiger partial charge in [-0.25, -0.2) is 0 Å². The summed E-state index contributed by atoms with van der Waals surface area (Å²) in [5, 5.41) is 3.53. The summed E-state index contributed by atoms with van der Waals surface area (Å²) < 4.78 is 0. The molecule has 4 rings (SSSR count). The third kappa shape index (κ3) is 3.08. The topological polar surface area (TPSA) is 15.3 Å². The summed E-state index contributed by atoms with van der Waals surface area (Å²) in [5.74, 6) is 0. The van der Waals surface area contributed by atoms with E-state index in [1.807, 2.05) is 0 Å². The van der Waals surface area contributed by atoms with Gasteiger partial charge in [-0.3, -0.25) is 0 Å². The van der Waals surface area contributed by atoms with Crippen molar-refractivity contribution in [3.05, 3.63) is 53.6 Å². The molecule has 2 aromatic rings. The van der Waals surface area contributed by atoms with Crippen molar-refractivity contribution < 1.29 is 0 Å². The Bertz CT molecular complexity index is 690. The van der Waals surface area contributed by atoms with E-state index in [1.165, 1.54) is 60.0 Å². The number of unbranched alkanes of at least 4 members (excludes halogenated alkanes) is 1. The van der Waals surface area contributed by atoms with Crippen LogP contribution >= 0.6 is 0 Å². The van der Waals surface area contributed by atoms with E-state index in [-0.39, 0.29) is 0 Å². The molecule has 0 saturated carbocycles. The first-order chi connectivity index (χ1) is 11.8. The maximum Gasteiger partial charge on any atom is 0.0408 e. The van der Waals surface area contributed by atoms with Crippen LogP contribution in [0.3, 0.4) is 0 Å². The fourth-order valence-electron chi connectivity index (χ4n) is 4.14. The Labute approximate surface area is 145 Å². The molecule has 2 heterocycles. The largest absolute Gasteiger partial charge is 0.367 e. The van der Waals surface area contributed by atoms with Crippen molar-refractivity contribution in [2.45, 2.75) is 45.1 Å². The number of hydrogen-bond donors (Lipinski definition) is 1. The van der Waals surface area contributed by atoms with Gasteiger partial charge in [0, 0.05) is 24.8 Å². The van der Waals surface area contributed by atoms with Crippen molar-refractivity contribution in [2.24, 2.45) is 0 Å². The summed E-state index contributed by atoms with van der Waals surface area (Å²) in [5.41, 5.74) is 7.16. The van der Waals surface area contributed by atoms with Crippen LogP contribution in [0.2, 0.25) is 0 Å². The van der Waals surface area contributed by atoms with Gasteiger partial charge in [0.15, 0.2) is 0 Å². The molecular weight excluding hydrogens is 292 g/mol. The predicted molar refractivity (Wildman–Crippen MR) is 103 cm³/mol. The first kappa shape index (κ1) is 15.7. The number of benzene rings is 2. The van der Waals surface area contributed by atoms with Crippen molar-refractivity contribution in [2.75, 3.05) is 24.5 Å². The van der Waals surface area contributed by atoms with Crippen LogP contribution in [-0.4, -0.2) is 25.7 Å². The van der Waals surface area contributed by atoms with E-state index in [4.69, 9.17) is 0 Å². The summed E-state index contributed by atoms with van der Waals surface area (Å²) in [4.78, 5) is 2.63. The first-order valence-corrected chi connectivity index (χ1v) is 9.55. The van der Waals surface area contributed by atoms with E-state index in [0.717, 1.165) is 19.6 Å². The molecule has 2 aliphatic heterocycles. The van der Waals surface area contributed by atoms with Gasteiger partial charge < -0.3 is 10.2 Å². The minimum atomic E-state index is 0.696. The molecule has 24 heavy (non-hydrogen) atoms. The lowest BCUT2D eigenvalue weighted by Gasteiger charge is -2.24. The third-order valence-electron chi connectivity index (χ3n) is 5.58. The molecule has 0 amide bonds. The quantitative estimate of drug-likeness (QED) is 0.897. The van der Waals surface area contributed by atoms with E-state index >= 15 is 0 Å². The van der Waals surface area contributed by atoms with Gasteiger partial charge in [-0.05, 0) is 60.5 Å². The number of anilines is 1. The average Bonchev–Trinajstić information content (AvgIpc) is 2.80. The number of hydrogen-bond acceptors (Lipinski definition) is 2. The Morgan fingerprint density at radius 3 is 2.71 bits per heavy atom. The van der Waals surface area contributed by atoms with Crippen molar-refractivity contribution in [3.63, 3.8) is 0 Å². The molecular formula is C22H28N2. The van der Waals surface area contributed by atoms with Crippen molar-refractivity contribution in [1.82, 2.24) is 5.32 Å². The zero-order valence-corrected chi connectivity index (χ0v) is 14.7. The van der Waals surface area contributed by atoms with E-state index in [1.54, 1.807) is 0 Å². The second kappa shape index (κ2) is 6.98. The van der Waals surface area contributed by atoms with Gasteiger partial charge in [0.2, 0.25) is 0 Å². The number of fused-ring (bicyclic) bond motifs is 3. The smallest absolute Gasteiger partial charge is 0.0408 e. The van der Waals surface area contributed by atoms with Gasteiger partial charge in [0.05, 0.1) is 0 Å². The van der Waals surface area contributed by atoms with Gasteiger partial charge in [-0.1, -0.05) is 49.7 Å². The third-order valence-corrected chi connectivity index (χ3v) is 5.58. The highest BCUT2D eigenvalue weighted by Crippen LogP contribution is 2.37. The maximum absolute atomic E-state index is 3.53. The summed E-state index contributed by atoms with van der Waals surface area (Å²) >= 11 is 0. The molecule has 0 aromatic heterocycles. The van der Waals surface area contributed by atoms with Crippen molar-refractivity contribution in [3.8, 4) is 11.1 Å². The van der Waals surface area contributed by atoms with E-state index in [9.17, 15) is 0 Å². The molecule has 2 aromatic carbocycles. The summed E-state index contributed by atoms with van der Waals surface area (Å²) in [7, 11) is 0. The lowest BCUT2D eigenvalue weighted by Crippen LogP contribution is -2.32. The number of aryl methyl sites for hydroxylation is 1. The molecule has 0 radical (unpaired) electrons. The number of nitrogens with one attached hydrogen (secondary N) is 1. The van der Waals surface area contributed by atoms with Crippen LogP contribution in [0.1, 0.15) is 37.3 Å². The second-order valence-corrected chi connectivity index (χ2v) is 7.23. The molecule has 2 heteroatoms. The molecule has 1 atom stereocenters. The van der Waals surface area contributed by atoms with Gasteiger partial charge in [-0.2, -0.15) is 0 Å². The molecule has 1 saturated heterocycles. The Morgan fingerprint density at radius 1 is 1.04 bits per heavy atom. The molecule has 1 N–H and O–H groups in total. The number of rotatable bonds is 4. The summed E-state index contributed by atoms with van der Waals surface area (Å²) in [6, 6.07) is 17.0. The molecule has 2 nitrogen and oxygen atoms in total. The molecule has 0 spiro atoms. The van der Waals surface area contributed by atoms with Gasteiger partial charge in [0.1, 0.15) is 0 Å². The fraction of sp³-hybridized carbons (Fsp3) is 0.455. The Morgan fingerprint density at radius 2 is 1.88 bits per heavy atom. The summed E-state index contributed by atoms with van der Waals surface area (Å²) in [6.07, 6.45) is 6.22. The Kier molecular flexibility index (Phi) is 4.57. The highest BCUT2D eigenvalue weighted by Gasteiger charge is 2.30. The zero-order valence-electron chi connectivity index (χ0n) is 14.7. The molecule has 2 aliphatic rings. The van der Waals surface area contributed by atoms with Gasteiger partial charge >= 0.3 is 0 Å². The van der Waals surface area contributed by atoms with E-state index < -0.39 is 0 Å². The van der Waals surface area contributed by atoms with Crippen LogP contribution in [0.25, 0.3) is 11.1 Å². The highest BCUT2D eigenvalue weighted by atomic mass is 15.2. The average molecular weight is 320 g/mol. The SMILES string of the molecule is CCCCc1ccc(-c2ccc3c(c2)N2CCNCCC2C3)cc1. The van der Waals surface area contributed by atoms with Crippen LogP contribution in [0.5, 0.6) is 0 Å². The van der Waals surface area contributed by atoms with Crippen LogP contribution in [0, 0.1) is 0 Å². The normalized spacial score (nSPS) is 19.7. The van der Waals surface area contributed by atoms with E-state index in [2.05, 4.69) is 59.6 Å². The highest BCUT2D eigenvalue weighted by molar-refractivity contribution is 5.73. The zero-order chi connectivity index (χ0) is 16.4. The minimum absolute atomic E-state index is 0.696. The number of nitrogens with zero attached hydrogens (tertiary/aromatic N) is 1. The van der Waals surface area contributed by atoms with Crippen LogP contribution in [0.4, 0.5) is 5.69 Å². The van der Waals surface area contributed by atoms with Crippen LogP contribution in [-0.2, 0) is 12.8 Å². The van der Waals surface area contributed by atoms with Crippen molar-refractivity contribution >= 4 is 5.69 Å². The van der Waals surface area contributed by atoms with Crippen LogP contribution in [0.15, 0.2) is 42.5 Å². The van der Waals surface area contributed by atoms with Crippen LogP contribution < -0.4 is 10.2 Å². The molecule has 126 valence electrons. The molecule has 1 unspecified atom stereocenters. The Balaban J connectivity index is 1.58. The fourth-order valence-corrected chi connectivity index (χ4v) is 4.14. The second-order valence-electron chi connectivity index (χ2n) is 7.23. The molecule has 0 aliphatic carbocycles. The maximum atomic E-state index is 3.53. The minimum Gasteiger partial charge on any atom is -0.367 e. The lowest BCUT2D eigenvalue weighted by molar-refractivity contribution is 0.612. The summed E-state index contributed by atoms with van der Waals surface area (Å²) in [6.45, 7) is 5.65. The predicted octanol–water partition coefficient (Wildman–Crippen LogP) is 4.42. The molecule has 1 fully saturated rings. The standard InChI is InChI=1S/C22H28N2/c1-2-3-4-17-5-7-18(8-6-17)19-9-10-20-15-21-11-12-23-13-14-24(21)22(20)16-19/h5-10,16,21,23H,2-4,11-15H2,1H3. The molecule has 0 bridgehead atoms.